The molecular formula is C17H14BrClOS. The number of halogens is 2. The van der Waals surface area contributed by atoms with Gasteiger partial charge in [0.15, 0.2) is 0 Å². The Hall–Kier alpha value is -1.03. The zero-order valence-corrected chi connectivity index (χ0v) is 14.6. The standard InChI is InChI=1S/C17H14BrClOS/c1-20-12-5-2-4-11(8-12)9-16(19)14-10-21-17-13(14)6-3-7-15(17)18/h2-8,10,16H,9H2,1H3. The molecule has 4 heteroatoms. The molecule has 1 heterocycles. The number of methoxy groups -OCH3 is 1. The van der Waals surface area contributed by atoms with Crippen molar-refractivity contribution in [2.75, 3.05) is 7.11 Å². The summed E-state index contributed by atoms with van der Waals surface area (Å²) in [5, 5.41) is 3.35. The second kappa shape index (κ2) is 6.39. The van der Waals surface area contributed by atoms with E-state index in [-0.39, 0.29) is 5.38 Å². The van der Waals surface area contributed by atoms with Crippen LogP contribution < -0.4 is 4.74 Å². The van der Waals surface area contributed by atoms with Crippen molar-refractivity contribution in [2.24, 2.45) is 0 Å². The Bertz CT molecular complexity index is 768. The van der Waals surface area contributed by atoms with Crippen molar-refractivity contribution in [3.63, 3.8) is 0 Å². The number of ether oxygens (including phenoxy) is 1. The molecular weight excluding hydrogens is 368 g/mol. The first-order valence-electron chi connectivity index (χ1n) is 6.61. The van der Waals surface area contributed by atoms with Crippen molar-refractivity contribution in [1.82, 2.24) is 0 Å². The van der Waals surface area contributed by atoms with E-state index >= 15 is 0 Å². The molecule has 0 aliphatic heterocycles. The van der Waals surface area contributed by atoms with Gasteiger partial charge < -0.3 is 4.74 Å². The highest BCUT2D eigenvalue weighted by Crippen LogP contribution is 2.38. The number of thiophene rings is 1. The topological polar surface area (TPSA) is 9.23 Å². The molecule has 0 aliphatic rings. The lowest BCUT2D eigenvalue weighted by Gasteiger charge is -2.10. The maximum atomic E-state index is 6.66. The number of rotatable bonds is 4. The van der Waals surface area contributed by atoms with Crippen LogP contribution in [0.2, 0.25) is 0 Å². The molecule has 3 aromatic rings. The van der Waals surface area contributed by atoms with Crippen molar-refractivity contribution in [3.8, 4) is 5.75 Å². The fourth-order valence-corrected chi connectivity index (χ4v) is 4.51. The fourth-order valence-electron chi connectivity index (χ4n) is 2.40. The second-order valence-corrected chi connectivity index (χ2v) is 7.09. The van der Waals surface area contributed by atoms with Gasteiger partial charge in [-0.25, -0.2) is 0 Å². The van der Waals surface area contributed by atoms with Crippen LogP contribution in [0.15, 0.2) is 52.3 Å². The average Bonchev–Trinajstić information content (AvgIpc) is 2.93. The molecule has 1 unspecified atom stereocenters. The summed E-state index contributed by atoms with van der Waals surface area (Å²) in [5.74, 6) is 0.870. The molecule has 1 aromatic heterocycles. The van der Waals surface area contributed by atoms with Crippen LogP contribution in [0.3, 0.4) is 0 Å². The van der Waals surface area contributed by atoms with E-state index in [1.165, 1.54) is 21.2 Å². The Kier molecular flexibility index (Phi) is 4.53. The highest BCUT2D eigenvalue weighted by atomic mass is 79.9. The molecule has 0 amide bonds. The summed E-state index contributed by atoms with van der Waals surface area (Å²) < 4.78 is 7.65. The maximum absolute atomic E-state index is 6.66. The van der Waals surface area contributed by atoms with Gasteiger partial charge in [0.2, 0.25) is 0 Å². The van der Waals surface area contributed by atoms with Crippen molar-refractivity contribution >= 4 is 49.0 Å². The second-order valence-electron chi connectivity index (χ2n) is 4.83. The summed E-state index contributed by atoms with van der Waals surface area (Å²) in [6.07, 6.45) is 0.789. The third-order valence-electron chi connectivity index (χ3n) is 3.47. The Balaban J connectivity index is 1.90. The summed E-state index contributed by atoms with van der Waals surface area (Å²) in [6, 6.07) is 14.3. The van der Waals surface area contributed by atoms with Gasteiger partial charge in [0, 0.05) is 9.17 Å². The molecule has 0 bridgehead atoms. The third-order valence-corrected chi connectivity index (χ3v) is 5.83. The van der Waals surface area contributed by atoms with Crippen molar-refractivity contribution in [1.29, 1.82) is 0 Å². The zero-order chi connectivity index (χ0) is 14.8. The van der Waals surface area contributed by atoms with Gasteiger partial charge in [-0.3, -0.25) is 0 Å². The number of fused-ring (bicyclic) bond motifs is 1. The minimum atomic E-state index is -0.0415. The Morgan fingerprint density at radius 1 is 1.24 bits per heavy atom. The van der Waals surface area contributed by atoms with E-state index in [0.717, 1.165) is 16.6 Å². The quantitative estimate of drug-likeness (QED) is 0.489. The number of hydrogen-bond acceptors (Lipinski definition) is 2. The normalized spacial score (nSPS) is 12.5. The van der Waals surface area contributed by atoms with Crippen LogP contribution in [0, 0.1) is 0 Å². The van der Waals surface area contributed by atoms with E-state index in [0.29, 0.717) is 0 Å². The first-order valence-corrected chi connectivity index (χ1v) is 8.72. The molecule has 1 nitrogen and oxygen atoms in total. The van der Waals surface area contributed by atoms with Crippen LogP contribution in [0.25, 0.3) is 10.1 Å². The van der Waals surface area contributed by atoms with Crippen molar-refractivity contribution < 1.29 is 4.74 Å². The Labute approximate surface area is 141 Å². The molecule has 21 heavy (non-hydrogen) atoms. The molecule has 0 N–H and O–H groups in total. The van der Waals surface area contributed by atoms with Crippen molar-refractivity contribution in [2.45, 2.75) is 11.8 Å². The van der Waals surface area contributed by atoms with Crippen LogP contribution in [-0.4, -0.2) is 7.11 Å². The SMILES string of the molecule is COc1cccc(CC(Cl)c2csc3c(Br)cccc23)c1. The molecule has 0 aliphatic carbocycles. The van der Waals surface area contributed by atoms with Gasteiger partial charge in [0.05, 0.1) is 12.5 Å². The molecule has 0 radical (unpaired) electrons. The predicted molar refractivity (Wildman–Crippen MR) is 94.8 cm³/mol. The van der Waals surface area contributed by atoms with E-state index in [1.807, 2.05) is 18.2 Å². The van der Waals surface area contributed by atoms with Crippen molar-refractivity contribution in [3.05, 3.63) is 63.4 Å². The average molecular weight is 382 g/mol. The summed E-state index contributed by atoms with van der Waals surface area (Å²) in [7, 11) is 1.68. The smallest absolute Gasteiger partial charge is 0.119 e. The highest BCUT2D eigenvalue weighted by molar-refractivity contribution is 9.10. The molecule has 0 saturated carbocycles. The summed E-state index contributed by atoms with van der Waals surface area (Å²) in [4.78, 5) is 0. The lowest BCUT2D eigenvalue weighted by atomic mass is 10.0. The van der Waals surface area contributed by atoms with Crippen LogP contribution in [0.5, 0.6) is 5.75 Å². The van der Waals surface area contributed by atoms with Crippen LogP contribution in [-0.2, 0) is 6.42 Å². The summed E-state index contributed by atoms with van der Waals surface area (Å²) in [6.45, 7) is 0. The van der Waals surface area contributed by atoms with E-state index in [1.54, 1.807) is 18.4 Å². The van der Waals surface area contributed by atoms with Gasteiger partial charge in [0.25, 0.3) is 0 Å². The largest absolute Gasteiger partial charge is 0.497 e. The van der Waals surface area contributed by atoms with E-state index in [9.17, 15) is 0 Å². The van der Waals surface area contributed by atoms with Gasteiger partial charge in [-0.05, 0) is 62.4 Å². The van der Waals surface area contributed by atoms with Crippen LogP contribution >= 0.6 is 38.9 Å². The molecule has 0 fully saturated rings. The van der Waals surface area contributed by atoms with Gasteiger partial charge in [0.1, 0.15) is 5.75 Å². The van der Waals surface area contributed by atoms with Crippen LogP contribution in [0.1, 0.15) is 16.5 Å². The van der Waals surface area contributed by atoms with Crippen LogP contribution in [0.4, 0.5) is 0 Å². The highest BCUT2D eigenvalue weighted by Gasteiger charge is 2.15. The van der Waals surface area contributed by atoms with Gasteiger partial charge >= 0.3 is 0 Å². The van der Waals surface area contributed by atoms with Gasteiger partial charge in [-0.1, -0.05) is 24.3 Å². The number of benzene rings is 2. The Morgan fingerprint density at radius 3 is 2.86 bits per heavy atom. The lowest BCUT2D eigenvalue weighted by Crippen LogP contribution is -1.95. The Morgan fingerprint density at radius 2 is 2.05 bits per heavy atom. The molecule has 3 rings (SSSR count). The molecule has 2 aromatic carbocycles. The maximum Gasteiger partial charge on any atom is 0.119 e. The molecule has 1 atom stereocenters. The third kappa shape index (κ3) is 3.10. The summed E-state index contributed by atoms with van der Waals surface area (Å²) in [5.41, 5.74) is 2.38. The van der Waals surface area contributed by atoms with E-state index in [4.69, 9.17) is 16.3 Å². The van der Waals surface area contributed by atoms with E-state index < -0.39 is 0 Å². The first-order chi connectivity index (χ1) is 10.2. The van der Waals surface area contributed by atoms with Gasteiger partial charge in [-0.15, -0.1) is 22.9 Å². The lowest BCUT2D eigenvalue weighted by molar-refractivity contribution is 0.414. The van der Waals surface area contributed by atoms with E-state index in [2.05, 4.69) is 45.6 Å². The molecule has 0 spiro atoms. The first kappa shape index (κ1) is 14.9. The minimum Gasteiger partial charge on any atom is -0.497 e. The summed E-state index contributed by atoms with van der Waals surface area (Å²) >= 11 is 12.0. The van der Waals surface area contributed by atoms with Gasteiger partial charge in [-0.2, -0.15) is 0 Å². The molecule has 108 valence electrons. The zero-order valence-electron chi connectivity index (χ0n) is 11.5. The number of hydrogen-bond donors (Lipinski definition) is 0. The predicted octanol–water partition coefficient (Wildman–Crippen LogP) is 6.20. The number of alkyl halides is 1. The fraction of sp³-hybridized carbons (Fsp3) is 0.176. The minimum absolute atomic E-state index is 0.0415. The molecule has 0 saturated heterocycles. The monoisotopic (exact) mass is 380 g/mol.